The molecule has 0 aliphatic heterocycles. The van der Waals surface area contributed by atoms with E-state index in [1.807, 2.05) is 0 Å². The molecule has 0 unspecified atom stereocenters. The van der Waals surface area contributed by atoms with Crippen LogP contribution in [0.1, 0.15) is 0 Å². The lowest BCUT2D eigenvalue weighted by atomic mass is 10.4. The van der Waals surface area contributed by atoms with Crippen molar-refractivity contribution >= 4 is 22.9 Å². The molecule has 0 bridgehead atoms. The number of rotatable bonds is 1. The lowest BCUT2D eigenvalue weighted by molar-refractivity contribution is 0.884. The van der Waals surface area contributed by atoms with E-state index in [0.29, 0.717) is 16.7 Å². The fraction of sp³-hybridized carbons (Fsp3) is 0. The topological polar surface area (TPSA) is 80.9 Å². The summed E-state index contributed by atoms with van der Waals surface area (Å²) in [6.45, 7) is 3.50. The van der Waals surface area contributed by atoms with Gasteiger partial charge in [-0.05, 0) is 0 Å². The summed E-state index contributed by atoms with van der Waals surface area (Å²) in [5.41, 5.74) is 0.818. The van der Waals surface area contributed by atoms with E-state index in [-0.39, 0.29) is 5.69 Å². The average Bonchev–Trinajstić information content (AvgIpc) is 2.82. The van der Waals surface area contributed by atoms with Crippen LogP contribution >= 0.6 is 0 Å². The highest BCUT2D eigenvalue weighted by molar-refractivity contribution is 5.87. The number of H-pyrrole nitrogens is 1. The van der Waals surface area contributed by atoms with E-state index < -0.39 is 0 Å². The molecule has 3 heterocycles. The minimum Gasteiger partial charge on any atom is -0.261 e. The number of aromatic amines is 1. The van der Waals surface area contributed by atoms with Gasteiger partial charge in [-0.25, -0.2) is 14.2 Å². The van der Waals surface area contributed by atoms with Gasteiger partial charge in [0.2, 0.25) is 0 Å². The Hall–Kier alpha value is -2.44. The lowest BCUT2D eigenvalue weighted by Gasteiger charge is -1.89. The van der Waals surface area contributed by atoms with Crippen molar-refractivity contribution in [2.75, 3.05) is 0 Å². The summed E-state index contributed by atoms with van der Waals surface area (Å²) in [5, 5.41) is 11.3. The third-order valence-electron chi connectivity index (χ3n) is 2.17. The number of fused-ring (bicyclic) bond motifs is 3. The van der Waals surface area contributed by atoms with Crippen LogP contribution in [0.5, 0.6) is 0 Å². The highest BCUT2D eigenvalue weighted by Gasteiger charge is 2.09. The third-order valence-corrected chi connectivity index (χ3v) is 2.17. The number of hydrogen-bond donors (Lipinski definition) is 1. The molecule has 0 atom stereocenters. The van der Waals surface area contributed by atoms with Crippen molar-refractivity contribution in [1.29, 1.82) is 0 Å². The van der Waals surface area contributed by atoms with Crippen molar-refractivity contribution in [2.24, 2.45) is 0 Å². The summed E-state index contributed by atoms with van der Waals surface area (Å²) < 4.78 is 2.50. The average molecular weight is 202 g/mol. The Morgan fingerprint density at radius 2 is 2.40 bits per heavy atom. The largest absolute Gasteiger partial charge is 0.355 e. The van der Waals surface area contributed by atoms with Gasteiger partial charge >= 0.3 is 5.69 Å². The van der Waals surface area contributed by atoms with Crippen LogP contribution in [0.15, 0.2) is 23.9 Å². The van der Waals surface area contributed by atoms with Crippen LogP contribution in [0.3, 0.4) is 0 Å². The molecule has 0 spiro atoms. The van der Waals surface area contributed by atoms with Gasteiger partial charge in [0.1, 0.15) is 6.33 Å². The highest BCUT2D eigenvalue weighted by atomic mass is 16.2. The maximum absolute atomic E-state index is 11.6. The van der Waals surface area contributed by atoms with Gasteiger partial charge in [-0.3, -0.25) is 5.10 Å². The first kappa shape index (κ1) is 7.92. The van der Waals surface area contributed by atoms with E-state index in [4.69, 9.17) is 0 Å². The van der Waals surface area contributed by atoms with Gasteiger partial charge in [-0.2, -0.15) is 9.78 Å². The van der Waals surface area contributed by atoms with Crippen molar-refractivity contribution in [3.05, 3.63) is 29.6 Å². The molecule has 0 amide bonds. The summed E-state index contributed by atoms with van der Waals surface area (Å²) in [5.74, 6) is 0. The first-order valence-corrected chi connectivity index (χ1v) is 4.23. The number of hydrogen-bond acceptors (Lipinski definition) is 4. The third kappa shape index (κ3) is 0.885. The van der Waals surface area contributed by atoms with Crippen molar-refractivity contribution < 1.29 is 0 Å². The zero-order chi connectivity index (χ0) is 10.4. The van der Waals surface area contributed by atoms with Crippen molar-refractivity contribution in [1.82, 2.24) is 29.4 Å². The minimum atomic E-state index is -0.296. The molecule has 0 saturated heterocycles. The Morgan fingerprint density at radius 1 is 1.53 bits per heavy atom. The maximum atomic E-state index is 11.6. The van der Waals surface area contributed by atoms with Crippen LogP contribution < -0.4 is 5.69 Å². The van der Waals surface area contributed by atoms with Gasteiger partial charge in [0.15, 0.2) is 11.3 Å². The molecule has 0 aliphatic carbocycles. The van der Waals surface area contributed by atoms with Gasteiger partial charge in [0.05, 0.1) is 11.6 Å². The second-order valence-corrected chi connectivity index (χ2v) is 2.98. The second kappa shape index (κ2) is 2.53. The van der Waals surface area contributed by atoms with Crippen LogP contribution in [0.4, 0.5) is 0 Å². The molecule has 0 aromatic carbocycles. The smallest absolute Gasteiger partial charge is 0.261 e. The second-order valence-electron chi connectivity index (χ2n) is 2.98. The predicted molar refractivity (Wildman–Crippen MR) is 53.3 cm³/mol. The molecular weight excluding hydrogens is 196 g/mol. The molecule has 3 aromatic heterocycles. The summed E-state index contributed by atoms with van der Waals surface area (Å²) in [6.07, 6.45) is 4.34. The molecule has 1 N–H and O–H groups in total. The van der Waals surface area contributed by atoms with Crippen LogP contribution in [0, 0.1) is 0 Å². The van der Waals surface area contributed by atoms with E-state index in [2.05, 4.69) is 26.9 Å². The summed E-state index contributed by atoms with van der Waals surface area (Å²) in [4.78, 5) is 15.7. The van der Waals surface area contributed by atoms with Gasteiger partial charge in [-0.15, -0.1) is 5.10 Å². The standard InChI is InChI=1S/C8H6N6O/c1-2-14-8(15)13-4-9-6-5(3-10-11-6)7(13)12-14/h2-4H,1H2,(H,10,11). The summed E-state index contributed by atoms with van der Waals surface area (Å²) >= 11 is 0. The summed E-state index contributed by atoms with van der Waals surface area (Å²) in [6, 6.07) is 0. The SMILES string of the molecule is C=Cn1nc2c3cn[nH]c3ncn2c1=O. The zero-order valence-corrected chi connectivity index (χ0v) is 7.58. The molecule has 15 heavy (non-hydrogen) atoms. The van der Waals surface area contributed by atoms with E-state index in [0.717, 1.165) is 4.68 Å². The Kier molecular flexibility index (Phi) is 1.34. The van der Waals surface area contributed by atoms with Crippen LogP contribution in [0.2, 0.25) is 0 Å². The van der Waals surface area contributed by atoms with Gasteiger partial charge in [-0.1, -0.05) is 6.58 Å². The van der Waals surface area contributed by atoms with Crippen LogP contribution in [-0.2, 0) is 0 Å². The molecule has 3 rings (SSSR count). The zero-order valence-electron chi connectivity index (χ0n) is 7.58. The Labute approximate surface area is 82.7 Å². The first-order valence-electron chi connectivity index (χ1n) is 4.23. The lowest BCUT2D eigenvalue weighted by Crippen LogP contribution is -2.16. The number of nitrogens with one attached hydrogen (secondary N) is 1. The Bertz CT molecular complexity index is 717. The van der Waals surface area contributed by atoms with E-state index in [1.54, 1.807) is 6.20 Å². The Balaban J connectivity index is 2.64. The number of aromatic nitrogens is 6. The van der Waals surface area contributed by atoms with E-state index in [1.165, 1.54) is 16.9 Å². The van der Waals surface area contributed by atoms with Crippen molar-refractivity contribution in [2.45, 2.75) is 0 Å². The van der Waals surface area contributed by atoms with Gasteiger partial charge in [0.25, 0.3) is 0 Å². The van der Waals surface area contributed by atoms with E-state index in [9.17, 15) is 4.79 Å². The van der Waals surface area contributed by atoms with E-state index >= 15 is 0 Å². The molecule has 0 radical (unpaired) electrons. The number of nitrogens with zero attached hydrogens (tertiary/aromatic N) is 5. The molecule has 0 aliphatic rings. The maximum Gasteiger partial charge on any atom is 0.355 e. The minimum absolute atomic E-state index is 0.296. The highest BCUT2D eigenvalue weighted by Crippen LogP contribution is 2.11. The van der Waals surface area contributed by atoms with Crippen molar-refractivity contribution in [3.8, 4) is 0 Å². The Morgan fingerprint density at radius 3 is 3.20 bits per heavy atom. The van der Waals surface area contributed by atoms with Gasteiger partial charge in [0, 0.05) is 6.20 Å². The fourth-order valence-corrected chi connectivity index (χ4v) is 1.46. The molecule has 7 heteroatoms. The van der Waals surface area contributed by atoms with Crippen LogP contribution in [0.25, 0.3) is 22.9 Å². The van der Waals surface area contributed by atoms with Crippen LogP contribution in [-0.4, -0.2) is 29.4 Å². The molecule has 0 fully saturated rings. The summed E-state index contributed by atoms with van der Waals surface area (Å²) in [7, 11) is 0. The normalized spacial score (nSPS) is 11.2. The quantitative estimate of drug-likeness (QED) is 0.595. The van der Waals surface area contributed by atoms with Gasteiger partial charge < -0.3 is 0 Å². The molecule has 0 saturated carbocycles. The fourth-order valence-electron chi connectivity index (χ4n) is 1.46. The molecular formula is C8H6N6O. The first-order chi connectivity index (χ1) is 7.31. The predicted octanol–water partition coefficient (Wildman–Crippen LogP) is -0.132. The monoisotopic (exact) mass is 202 g/mol. The van der Waals surface area contributed by atoms with Crippen molar-refractivity contribution in [3.63, 3.8) is 0 Å². The molecule has 74 valence electrons. The molecule has 3 aromatic rings. The molecule has 7 nitrogen and oxygen atoms in total.